The number of halogens is 2. The third kappa shape index (κ3) is 4.50. The summed E-state index contributed by atoms with van der Waals surface area (Å²) in [6, 6.07) is 18.9. The van der Waals surface area contributed by atoms with E-state index in [-0.39, 0.29) is 24.7 Å². The minimum Gasteiger partial charge on any atom is -0.618 e. The molecule has 0 bridgehead atoms. The fourth-order valence-corrected chi connectivity index (χ4v) is 6.41. The van der Waals surface area contributed by atoms with E-state index >= 15 is 0 Å². The molecule has 37 heavy (non-hydrogen) atoms. The Bertz CT molecular complexity index is 1320. The predicted octanol–water partition coefficient (Wildman–Crippen LogP) is 5.49. The number of carbonyl (C=O) groups is 1. The third-order valence-electron chi connectivity index (χ3n) is 8.65. The Morgan fingerprint density at radius 3 is 2.65 bits per heavy atom. The number of nitrogens with zero attached hydrogens (tertiary/aromatic N) is 1. The van der Waals surface area contributed by atoms with Gasteiger partial charge in [0, 0.05) is 30.9 Å². The van der Waals surface area contributed by atoms with Gasteiger partial charge in [0.1, 0.15) is 11.3 Å². The average Bonchev–Trinajstić information content (AvgIpc) is 2.87. The highest BCUT2D eigenvalue weighted by atomic mass is 19.3. The molecule has 1 aromatic heterocycles. The van der Waals surface area contributed by atoms with Gasteiger partial charge in [-0.1, -0.05) is 36.4 Å². The zero-order valence-corrected chi connectivity index (χ0v) is 21.1. The standard InChI is InChI=1S/C30H32F2N2O3/c1-20-26(9-6-16-34(20)37)33-27(35)23-11-13-25-22(17-23)10-12-24-19-30(36,28(2,31)32)15-14-29(24,25)18-21-7-4-3-5-8-21/h3-9,11,13,16-17,24,36H,10,12,14-15,18-19H2,1-2H3,(H,33,35)/t24-,29+,30-/m1/s1. The van der Waals surface area contributed by atoms with Crippen LogP contribution in [0.3, 0.4) is 0 Å². The molecule has 3 aromatic rings. The van der Waals surface area contributed by atoms with E-state index in [0.717, 1.165) is 23.6 Å². The normalized spacial score (nSPS) is 25.2. The van der Waals surface area contributed by atoms with Crippen LogP contribution >= 0.6 is 0 Å². The maximum Gasteiger partial charge on any atom is 0.273 e. The van der Waals surface area contributed by atoms with E-state index in [0.29, 0.717) is 47.4 Å². The van der Waals surface area contributed by atoms with E-state index in [9.17, 15) is 23.9 Å². The van der Waals surface area contributed by atoms with Crippen LogP contribution < -0.4 is 10.0 Å². The lowest BCUT2D eigenvalue weighted by atomic mass is 9.52. The number of nitrogens with one attached hydrogen (secondary N) is 1. The first kappa shape index (κ1) is 25.3. The summed E-state index contributed by atoms with van der Waals surface area (Å²) in [6.45, 7) is 2.47. The number of benzene rings is 2. The second kappa shape index (κ2) is 9.21. The molecule has 3 atom stereocenters. The van der Waals surface area contributed by atoms with Gasteiger partial charge in [0.05, 0.1) is 0 Å². The van der Waals surface area contributed by atoms with Gasteiger partial charge in [-0.05, 0) is 79.3 Å². The first-order chi connectivity index (χ1) is 17.5. The van der Waals surface area contributed by atoms with Crippen molar-refractivity contribution in [3.63, 3.8) is 0 Å². The zero-order valence-electron chi connectivity index (χ0n) is 21.1. The average molecular weight is 507 g/mol. The Balaban J connectivity index is 1.50. The van der Waals surface area contributed by atoms with Gasteiger partial charge >= 0.3 is 0 Å². The van der Waals surface area contributed by atoms with Crippen molar-refractivity contribution in [2.75, 3.05) is 5.32 Å². The number of fused-ring (bicyclic) bond motifs is 3. The molecule has 0 radical (unpaired) electrons. The molecule has 0 saturated heterocycles. The monoisotopic (exact) mass is 506 g/mol. The lowest BCUT2D eigenvalue weighted by molar-refractivity contribution is -0.611. The van der Waals surface area contributed by atoms with Crippen molar-refractivity contribution >= 4 is 11.6 Å². The Hall–Kier alpha value is -3.32. The van der Waals surface area contributed by atoms with Crippen LogP contribution in [0.25, 0.3) is 0 Å². The number of carbonyl (C=O) groups excluding carboxylic acids is 1. The Morgan fingerprint density at radius 1 is 1.16 bits per heavy atom. The summed E-state index contributed by atoms with van der Waals surface area (Å²) < 4.78 is 29.6. The number of amides is 1. The van der Waals surface area contributed by atoms with Crippen LogP contribution in [-0.4, -0.2) is 22.5 Å². The number of aryl methyl sites for hydroxylation is 1. The number of anilines is 1. The fraction of sp³-hybridized carbons (Fsp3) is 0.400. The van der Waals surface area contributed by atoms with Crippen molar-refractivity contribution in [1.29, 1.82) is 0 Å². The molecule has 2 aromatic carbocycles. The summed E-state index contributed by atoms with van der Waals surface area (Å²) in [5.74, 6) is -3.59. The molecule has 2 N–H and O–H groups in total. The molecule has 0 unspecified atom stereocenters. The van der Waals surface area contributed by atoms with Crippen molar-refractivity contribution < 1.29 is 23.4 Å². The highest BCUT2D eigenvalue weighted by molar-refractivity contribution is 6.04. The van der Waals surface area contributed by atoms with Crippen LogP contribution in [0.2, 0.25) is 0 Å². The third-order valence-corrected chi connectivity index (χ3v) is 8.65. The quantitative estimate of drug-likeness (QED) is 0.355. The molecule has 0 aliphatic heterocycles. The number of aliphatic hydroxyl groups is 1. The molecule has 2 aliphatic rings. The van der Waals surface area contributed by atoms with Crippen molar-refractivity contribution in [2.45, 2.75) is 69.3 Å². The Kier molecular flexibility index (Phi) is 6.31. The summed E-state index contributed by atoms with van der Waals surface area (Å²) in [5.41, 5.74) is 2.18. The van der Waals surface area contributed by atoms with Gasteiger partial charge in [-0.25, -0.2) is 8.78 Å². The lowest BCUT2D eigenvalue weighted by Crippen LogP contribution is -2.57. The summed E-state index contributed by atoms with van der Waals surface area (Å²) in [6.07, 6.45) is 3.89. The van der Waals surface area contributed by atoms with Crippen molar-refractivity contribution in [3.8, 4) is 0 Å². The van der Waals surface area contributed by atoms with Gasteiger partial charge in [0.25, 0.3) is 11.8 Å². The van der Waals surface area contributed by atoms with Gasteiger partial charge in [-0.2, -0.15) is 4.73 Å². The second-order valence-corrected chi connectivity index (χ2v) is 10.8. The van der Waals surface area contributed by atoms with Gasteiger partial charge in [0.2, 0.25) is 5.69 Å². The minimum absolute atomic E-state index is 0.0178. The molecule has 1 fully saturated rings. The molecule has 5 nitrogen and oxygen atoms in total. The molecule has 2 aliphatic carbocycles. The predicted molar refractivity (Wildman–Crippen MR) is 138 cm³/mol. The molecular formula is C30H32F2N2O3. The Morgan fingerprint density at radius 2 is 1.92 bits per heavy atom. The number of hydrogen-bond donors (Lipinski definition) is 2. The fourth-order valence-electron chi connectivity index (χ4n) is 6.41. The first-order valence-corrected chi connectivity index (χ1v) is 12.8. The van der Waals surface area contributed by atoms with E-state index in [4.69, 9.17) is 0 Å². The van der Waals surface area contributed by atoms with Crippen LogP contribution in [0.15, 0.2) is 66.9 Å². The Labute approximate surface area is 215 Å². The van der Waals surface area contributed by atoms with E-state index in [1.54, 1.807) is 25.1 Å². The summed E-state index contributed by atoms with van der Waals surface area (Å²) >= 11 is 0. The maximum atomic E-state index is 14.5. The number of aromatic nitrogens is 1. The number of hydrogen-bond acceptors (Lipinski definition) is 3. The lowest BCUT2D eigenvalue weighted by Gasteiger charge is -2.54. The largest absolute Gasteiger partial charge is 0.618 e. The topological polar surface area (TPSA) is 76.3 Å². The van der Waals surface area contributed by atoms with Crippen LogP contribution in [0.4, 0.5) is 14.5 Å². The summed E-state index contributed by atoms with van der Waals surface area (Å²) in [7, 11) is 0. The van der Waals surface area contributed by atoms with Crippen molar-refractivity contribution in [1.82, 2.24) is 0 Å². The van der Waals surface area contributed by atoms with Gasteiger partial charge in [0.15, 0.2) is 6.20 Å². The van der Waals surface area contributed by atoms with Crippen LogP contribution in [0, 0.1) is 18.0 Å². The van der Waals surface area contributed by atoms with Gasteiger partial charge in [-0.3, -0.25) is 4.79 Å². The van der Waals surface area contributed by atoms with Gasteiger partial charge < -0.3 is 15.6 Å². The number of alkyl halides is 2. The van der Waals surface area contributed by atoms with Crippen molar-refractivity contribution in [3.05, 3.63) is 100 Å². The highest BCUT2D eigenvalue weighted by Gasteiger charge is 2.58. The molecular weight excluding hydrogens is 474 g/mol. The zero-order chi connectivity index (χ0) is 26.4. The second-order valence-electron chi connectivity index (χ2n) is 10.8. The van der Waals surface area contributed by atoms with E-state index in [1.165, 1.54) is 6.20 Å². The number of pyridine rings is 1. The van der Waals surface area contributed by atoms with Crippen LogP contribution in [0.5, 0.6) is 0 Å². The number of rotatable bonds is 5. The summed E-state index contributed by atoms with van der Waals surface area (Å²) in [4.78, 5) is 13.1. The first-order valence-electron chi connectivity index (χ1n) is 12.8. The molecule has 194 valence electrons. The smallest absolute Gasteiger partial charge is 0.273 e. The molecule has 0 spiro atoms. The SMILES string of the molecule is Cc1c(NC(=O)c2ccc3c(c2)CC[C@@H]2C[C@@](O)(C(C)(F)F)CC[C@@]32Cc2ccccc2)ccc[n+]1[O-]. The molecule has 1 saturated carbocycles. The minimum atomic E-state index is -3.17. The van der Waals surface area contributed by atoms with Crippen LogP contribution in [0.1, 0.15) is 65.3 Å². The van der Waals surface area contributed by atoms with Crippen molar-refractivity contribution in [2.24, 2.45) is 5.92 Å². The summed E-state index contributed by atoms with van der Waals surface area (Å²) in [5, 5.41) is 25.7. The molecule has 5 rings (SSSR count). The van der Waals surface area contributed by atoms with Crippen LogP contribution in [-0.2, 0) is 18.3 Å². The molecule has 7 heteroatoms. The molecule has 1 heterocycles. The van der Waals surface area contributed by atoms with Gasteiger partial charge in [-0.15, -0.1) is 0 Å². The van der Waals surface area contributed by atoms with E-state index < -0.39 is 16.9 Å². The van der Waals surface area contributed by atoms with E-state index in [2.05, 4.69) is 17.4 Å². The highest BCUT2D eigenvalue weighted by Crippen LogP contribution is 2.56. The maximum absolute atomic E-state index is 14.5. The van der Waals surface area contributed by atoms with E-state index in [1.807, 2.05) is 30.3 Å². The molecule has 1 amide bonds.